The normalized spacial score (nSPS) is 21.4. The van der Waals surface area contributed by atoms with E-state index in [9.17, 15) is 9.59 Å². The molecule has 0 bridgehead atoms. The Labute approximate surface area is 153 Å². The summed E-state index contributed by atoms with van der Waals surface area (Å²) in [7, 11) is 0. The monoisotopic (exact) mass is 356 g/mol. The van der Waals surface area contributed by atoms with Crippen LogP contribution in [0.15, 0.2) is 42.5 Å². The Morgan fingerprint density at radius 2 is 1.84 bits per heavy atom. The van der Waals surface area contributed by atoms with Crippen molar-refractivity contribution < 1.29 is 9.59 Å². The van der Waals surface area contributed by atoms with Crippen LogP contribution < -0.4 is 10.6 Å². The topological polar surface area (TPSA) is 58.2 Å². The number of benzene rings is 2. The Bertz CT molecular complexity index is 834. The lowest BCUT2D eigenvalue weighted by Gasteiger charge is -2.17. The fourth-order valence-corrected chi connectivity index (χ4v) is 3.80. The molecule has 5 heteroatoms. The maximum absolute atomic E-state index is 12.5. The molecule has 4 nitrogen and oxygen atoms in total. The van der Waals surface area contributed by atoms with E-state index in [2.05, 4.69) is 22.8 Å². The summed E-state index contributed by atoms with van der Waals surface area (Å²) in [4.78, 5) is 24.1. The van der Waals surface area contributed by atoms with Crippen LogP contribution in [0, 0.1) is 5.92 Å². The van der Waals surface area contributed by atoms with E-state index < -0.39 is 0 Å². The fraction of sp³-hybridized carbons (Fsp3) is 0.300. The quantitative estimate of drug-likeness (QED) is 0.813. The number of carbonyl (C=O) groups excluding carboxylic acids is 2. The zero-order chi connectivity index (χ0) is 16.7. The van der Waals surface area contributed by atoms with Gasteiger partial charge in [0.05, 0.1) is 0 Å². The second kappa shape index (κ2) is 6.98. The summed E-state index contributed by atoms with van der Waals surface area (Å²) in [5.74, 6) is 0.895. The number of fused-ring (bicyclic) bond motifs is 3. The van der Waals surface area contributed by atoms with Gasteiger partial charge in [-0.25, -0.2) is 0 Å². The third kappa shape index (κ3) is 3.20. The van der Waals surface area contributed by atoms with Crippen LogP contribution in [0.2, 0.25) is 0 Å². The third-order valence-electron chi connectivity index (χ3n) is 5.16. The van der Waals surface area contributed by atoms with Crippen LogP contribution in [0.4, 0.5) is 0 Å². The van der Waals surface area contributed by atoms with E-state index >= 15 is 0 Å². The van der Waals surface area contributed by atoms with Gasteiger partial charge in [-0.2, -0.15) is 0 Å². The Hall–Kier alpha value is -2.17. The lowest BCUT2D eigenvalue weighted by molar-refractivity contribution is 0.0951. The van der Waals surface area contributed by atoms with E-state index in [-0.39, 0.29) is 24.1 Å². The van der Waals surface area contributed by atoms with Crippen molar-refractivity contribution in [2.24, 2.45) is 5.92 Å². The molecule has 0 aliphatic carbocycles. The molecular weight excluding hydrogens is 336 g/mol. The molecule has 0 saturated carbocycles. The van der Waals surface area contributed by atoms with Crippen LogP contribution in [0.5, 0.6) is 0 Å². The lowest BCUT2D eigenvalue weighted by Crippen LogP contribution is -2.28. The largest absolute Gasteiger partial charge is 0.352 e. The number of amides is 1. The Balaban J connectivity index is 0.00000182. The zero-order valence-corrected chi connectivity index (χ0v) is 14.9. The highest BCUT2D eigenvalue weighted by atomic mass is 35.5. The minimum Gasteiger partial charge on any atom is -0.352 e. The summed E-state index contributed by atoms with van der Waals surface area (Å²) in [5.41, 5.74) is 4.51. The summed E-state index contributed by atoms with van der Waals surface area (Å²) in [6.07, 6.45) is 0. The highest BCUT2D eigenvalue weighted by Crippen LogP contribution is 2.34. The van der Waals surface area contributed by atoms with Gasteiger partial charge in [-0.3, -0.25) is 9.59 Å². The SMILES string of the molecule is CC(=O)c1cccc(-c2ccc3c(c2)C(=O)NC[C@@H]2CNCC32)c1.Cl. The van der Waals surface area contributed by atoms with Gasteiger partial charge in [0.15, 0.2) is 5.78 Å². The predicted molar refractivity (Wildman–Crippen MR) is 101 cm³/mol. The van der Waals surface area contributed by atoms with Crippen molar-refractivity contribution in [1.29, 1.82) is 0 Å². The molecule has 0 spiro atoms. The van der Waals surface area contributed by atoms with Crippen LogP contribution in [0.1, 0.15) is 39.1 Å². The van der Waals surface area contributed by atoms with Gasteiger partial charge in [-0.1, -0.05) is 30.3 Å². The van der Waals surface area contributed by atoms with Gasteiger partial charge in [-0.15, -0.1) is 12.4 Å². The maximum atomic E-state index is 12.5. The van der Waals surface area contributed by atoms with Crippen molar-refractivity contribution in [3.05, 3.63) is 59.2 Å². The van der Waals surface area contributed by atoms with E-state index in [0.29, 0.717) is 17.4 Å². The van der Waals surface area contributed by atoms with Crippen molar-refractivity contribution in [3.8, 4) is 11.1 Å². The van der Waals surface area contributed by atoms with E-state index in [1.54, 1.807) is 6.92 Å². The van der Waals surface area contributed by atoms with E-state index in [0.717, 1.165) is 41.9 Å². The van der Waals surface area contributed by atoms with E-state index in [1.165, 1.54) is 0 Å². The number of rotatable bonds is 2. The number of carbonyl (C=O) groups is 2. The molecule has 0 radical (unpaired) electrons. The summed E-state index contributed by atoms with van der Waals surface area (Å²) in [6, 6.07) is 13.7. The molecule has 1 amide bonds. The number of nitrogens with one attached hydrogen (secondary N) is 2. The van der Waals surface area contributed by atoms with Crippen LogP contribution in [-0.2, 0) is 0 Å². The average molecular weight is 357 g/mol. The maximum Gasteiger partial charge on any atom is 0.251 e. The first-order valence-electron chi connectivity index (χ1n) is 8.38. The van der Waals surface area contributed by atoms with Crippen molar-refractivity contribution in [3.63, 3.8) is 0 Å². The van der Waals surface area contributed by atoms with Crippen molar-refractivity contribution in [1.82, 2.24) is 10.6 Å². The molecule has 1 fully saturated rings. The molecule has 2 heterocycles. The van der Waals surface area contributed by atoms with Crippen molar-refractivity contribution in [2.45, 2.75) is 12.8 Å². The summed E-state index contributed by atoms with van der Waals surface area (Å²) >= 11 is 0. The number of hydrogen-bond acceptors (Lipinski definition) is 3. The number of ketones is 1. The van der Waals surface area contributed by atoms with Crippen LogP contribution in [0.3, 0.4) is 0 Å². The van der Waals surface area contributed by atoms with Gasteiger partial charge in [-0.05, 0) is 41.7 Å². The summed E-state index contributed by atoms with van der Waals surface area (Å²) in [6.45, 7) is 4.16. The second-order valence-corrected chi connectivity index (χ2v) is 6.67. The minimum atomic E-state index is 0. The van der Waals surface area contributed by atoms with Gasteiger partial charge in [0.2, 0.25) is 0 Å². The minimum absolute atomic E-state index is 0. The summed E-state index contributed by atoms with van der Waals surface area (Å²) in [5, 5.41) is 6.47. The summed E-state index contributed by atoms with van der Waals surface area (Å²) < 4.78 is 0. The number of Topliss-reactive ketones (excluding diaryl/α,β-unsaturated/α-hetero) is 1. The zero-order valence-electron chi connectivity index (χ0n) is 14.0. The van der Waals surface area contributed by atoms with Crippen molar-refractivity contribution >= 4 is 24.1 Å². The molecule has 2 aliphatic rings. The molecule has 4 rings (SSSR count). The smallest absolute Gasteiger partial charge is 0.251 e. The van der Waals surface area contributed by atoms with Gasteiger partial charge in [0.1, 0.15) is 0 Å². The molecule has 2 aromatic rings. The number of hydrogen-bond donors (Lipinski definition) is 2. The van der Waals surface area contributed by atoms with E-state index in [1.807, 2.05) is 30.3 Å². The Morgan fingerprint density at radius 1 is 1.04 bits per heavy atom. The molecule has 25 heavy (non-hydrogen) atoms. The van der Waals surface area contributed by atoms with E-state index in [4.69, 9.17) is 0 Å². The van der Waals surface area contributed by atoms with Gasteiger partial charge in [0, 0.05) is 36.7 Å². The van der Waals surface area contributed by atoms with Crippen molar-refractivity contribution in [2.75, 3.05) is 19.6 Å². The molecule has 130 valence electrons. The second-order valence-electron chi connectivity index (χ2n) is 6.67. The molecule has 1 unspecified atom stereocenters. The fourth-order valence-electron chi connectivity index (χ4n) is 3.80. The van der Waals surface area contributed by atoms with Crippen LogP contribution in [0.25, 0.3) is 11.1 Å². The molecule has 0 aromatic heterocycles. The molecule has 2 aliphatic heterocycles. The molecule has 1 saturated heterocycles. The van der Waals surface area contributed by atoms with Gasteiger partial charge >= 0.3 is 0 Å². The average Bonchev–Trinajstić information content (AvgIpc) is 3.03. The standard InChI is InChI=1S/C20H20N2O2.ClH/c1-12(23)13-3-2-4-14(7-13)15-5-6-17-18(8-15)20(24)22-10-16-9-21-11-19(16)17;/h2-8,16,19,21H,9-11H2,1H3,(H,22,24);1H/t16-,19?;/m0./s1. The lowest BCUT2D eigenvalue weighted by atomic mass is 9.86. The molecule has 2 N–H and O–H groups in total. The highest BCUT2D eigenvalue weighted by Gasteiger charge is 2.34. The van der Waals surface area contributed by atoms with Crippen LogP contribution in [-0.4, -0.2) is 31.3 Å². The predicted octanol–water partition coefficient (Wildman–Crippen LogP) is 3.02. The first-order valence-corrected chi connectivity index (χ1v) is 8.38. The highest BCUT2D eigenvalue weighted by molar-refractivity contribution is 5.98. The number of halogens is 1. The Morgan fingerprint density at radius 3 is 2.64 bits per heavy atom. The van der Waals surface area contributed by atoms with Gasteiger partial charge in [0.25, 0.3) is 5.91 Å². The van der Waals surface area contributed by atoms with Gasteiger partial charge < -0.3 is 10.6 Å². The van der Waals surface area contributed by atoms with Crippen LogP contribution >= 0.6 is 12.4 Å². The molecule has 2 atom stereocenters. The first kappa shape index (κ1) is 17.6. The first-order chi connectivity index (χ1) is 11.6. The molecule has 2 aromatic carbocycles. The molecular formula is C20H21ClN2O2. The Kier molecular flexibility index (Phi) is 4.93. The third-order valence-corrected chi connectivity index (χ3v) is 5.16.